The number of alkyl halides is 3. The maximum atomic E-state index is 11.8. The molecule has 3 nitrogen and oxygen atoms in total. The first-order chi connectivity index (χ1) is 6.88. The van der Waals surface area contributed by atoms with E-state index < -0.39 is 12.8 Å². The summed E-state index contributed by atoms with van der Waals surface area (Å²) in [6, 6.07) is 2.77. The summed E-state index contributed by atoms with van der Waals surface area (Å²) in [7, 11) is 0. The minimum atomic E-state index is -4.36. The quantitative estimate of drug-likeness (QED) is 0.847. The van der Waals surface area contributed by atoms with Crippen molar-refractivity contribution in [3.8, 4) is 5.88 Å². The third-order valence-electron chi connectivity index (χ3n) is 1.67. The van der Waals surface area contributed by atoms with Crippen LogP contribution in [0.5, 0.6) is 5.88 Å². The molecule has 2 N–H and O–H groups in total. The van der Waals surface area contributed by atoms with Crippen LogP contribution in [-0.2, 0) is 0 Å². The van der Waals surface area contributed by atoms with Crippen molar-refractivity contribution in [1.29, 1.82) is 0 Å². The number of pyridine rings is 1. The zero-order valence-electron chi connectivity index (χ0n) is 8.08. The Morgan fingerprint density at radius 2 is 2.20 bits per heavy atom. The number of halogens is 3. The molecule has 0 amide bonds. The number of hydrogen-bond acceptors (Lipinski definition) is 3. The van der Waals surface area contributed by atoms with Crippen LogP contribution in [0.15, 0.2) is 18.3 Å². The summed E-state index contributed by atoms with van der Waals surface area (Å²) in [6.07, 6.45) is -2.99. The lowest BCUT2D eigenvalue weighted by Gasteiger charge is -2.10. The number of ether oxygens (including phenoxy) is 1. The maximum absolute atomic E-state index is 11.8. The molecule has 0 saturated carbocycles. The topological polar surface area (TPSA) is 48.1 Å². The average molecular weight is 220 g/mol. The Bertz CT molecular complexity index is 325. The van der Waals surface area contributed by atoms with Crippen molar-refractivity contribution < 1.29 is 17.9 Å². The Balaban J connectivity index is 2.66. The lowest BCUT2D eigenvalue weighted by molar-refractivity contribution is -0.154. The minimum absolute atomic E-state index is 0.0675. The number of rotatable bonds is 3. The second kappa shape index (κ2) is 4.48. The van der Waals surface area contributed by atoms with Gasteiger partial charge in [-0.2, -0.15) is 13.2 Å². The van der Waals surface area contributed by atoms with Gasteiger partial charge in [0.25, 0.3) is 0 Å². The van der Waals surface area contributed by atoms with Gasteiger partial charge >= 0.3 is 6.18 Å². The molecular weight excluding hydrogens is 209 g/mol. The van der Waals surface area contributed by atoms with Gasteiger partial charge < -0.3 is 10.5 Å². The van der Waals surface area contributed by atoms with Crippen molar-refractivity contribution in [3.05, 3.63) is 23.9 Å². The molecule has 1 aromatic rings. The van der Waals surface area contributed by atoms with Crippen molar-refractivity contribution in [2.24, 2.45) is 5.73 Å². The summed E-state index contributed by atoms with van der Waals surface area (Å²) < 4.78 is 39.9. The monoisotopic (exact) mass is 220 g/mol. The molecule has 84 valence electrons. The van der Waals surface area contributed by atoms with E-state index in [-0.39, 0.29) is 11.9 Å². The molecule has 0 spiro atoms. The van der Waals surface area contributed by atoms with Crippen molar-refractivity contribution in [2.75, 3.05) is 6.61 Å². The number of aromatic nitrogens is 1. The molecule has 1 rings (SSSR count). The summed E-state index contributed by atoms with van der Waals surface area (Å²) >= 11 is 0. The third-order valence-corrected chi connectivity index (χ3v) is 1.67. The van der Waals surface area contributed by atoms with E-state index in [1.165, 1.54) is 12.3 Å². The van der Waals surface area contributed by atoms with E-state index in [0.29, 0.717) is 5.56 Å². The van der Waals surface area contributed by atoms with Crippen molar-refractivity contribution >= 4 is 0 Å². The predicted molar refractivity (Wildman–Crippen MR) is 48.4 cm³/mol. The second-order valence-electron chi connectivity index (χ2n) is 3.12. The van der Waals surface area contributed by atoms with E-state index in [1.54, 1.807) is 13.0 Å². The first kappa shape index (κ1) is 11.8. The molecule has 0 aliphatic carbocycles. The van der Waals surface area contributed by atoms with Gasteiger partial charge in [-0.05, 0) is 18.6 Å². The van der Waals surface area contributed by atoms with Gasteiger partial charge in [-0.1, -0.05) is 0 Å². The van der Waals surface area contributed by atoms with Gasteiger partial charge in [0.1, 0.15) is 0 Å². The minimum Gasteiger partial charge on any atom is -0.468 e. The summed E-state index contributed by atoms with van der Waals surface area (Å²) in [5, 5.41) is 0. The number of hydrogen-bond donors (Lipinski definition) is 1. The highest BCUT2D eigenvalue weighted by molar-refractivity contribution is 5.22. The van der Waals surface area contributed by atoms with Crippen molar-refractivity contribution in [1.82, 2.24) is 4.98 Å². The molecule has 15 heavy (non-hydrogen) atoms. The van der Waals surface area contributed by atoms with Gasteiger partial charge in [0, 0.05) is 18.3 Å². The molecule has 1 atom stereocenters. The molecule has 6 heteroatoms. The summed E-state index contributed by atoms with van der Waals surface area (Å²) in [4.78, 5) is 3.65. The molecule has 0 aromatic carbocycles. The Kier molecular flexibility index (Phi) is 3.52. The van der Waals surface area contributed by atoms with Crippen LogP contribution in [0.25, 0.3) is 0 Å². The molecule has 0 bridgehead atoms. The van der Waals surface area contributed by atoms with Gasteiger partial charge in [0.2, 0.25) is 5.88 Å². The van der Waals surface area contributed by atoms with E-state index >= 15 is 0 Å². The van der Waals surface area contributed by atoms with Gasteiger partial charge in [0.05, 0.1) is 0 Å². The van der Waals surface area contributed by atoms with Crippen molar-refractivity contribution in [2.45, 2.75) is 19.1 Å². The Morgan fingerprint density at radius 3 is 2.73 bits per heavy atom. The lowest BCUT2D eigenvalue weighted by Crippen LogP contribution is -2.19. The highest BCUT2D eigenvalue weighted by Gasteiger charge is 2.28. The van der Waals surface area contributed by atoms with Crippen LogP contribution in [0.2, 0.25) is 0 Å². The third kappa shape index (κ3) is 4.16. The van der Waals surface area contributed by atoms with Gasteiger partial charge in [-0.25, -0.2) is 4.98 Å². The Morgan fingerprint density at radius 1 is 1.53 bits per heavy atom. The molecule has 1 aromatic heterocycles. The SMILES string of the molecule is C[C@H](N)c1ccnc(OCC(F)(F)F)c1. The summed E-state index contributed by atoms with van der Waals surface area (Å²) in [6.45, 7) is 0.380. The van der Waals surface area contributed by atoms with Gasteiger partial charge in [0.15, 0.2) is 6.61 Å². The largest absolute Gasteiger partial charge is 0.468 e. The van der Waals surface area contributed by atoms with E-state index in [4.69, 9.17) is 5.73 Å². The average Bonchev–Trinajstić information content (AvgIpc) is 2.14. The smallest absolute Gasteiger partial charge is 0.422 e. The normalized spacial score (nSPS) is 13.7. The van der Waals surface area contributed by atoms with Crippen LogP contribution in [0.1, 0.15) is 18.5 Å². The fourth-order valence-corrected chi connectivity index (χ4v) is 0.943. The Hall–Kier alpha value is -1.30. The Labute approximate surface area is 85.1 Å². The lowest BCUT2D eigenvalue weighted by atomic mass is 10.1. The van der Waals surface area contributed by atoms with Crippen LogP contribution in [0.4, 0.5) is 13.2 Å². The molecular formula is C9H11F3N2O. The molecule has 0 unspecified atom stereocenters. The fourth-order valence-electron chi connectivity index (χ4n) is 0.943. The first-order valence-corrected chi connectivity index (χ1v) is 4.29. The van der Waals surface area contributed by atoms with E-state index in [2.05, 4.69) is 9.72 Å². The predicted octanol–water partition coefficient (Wildman–Crippen LogP) is 2.04. The van der Waals surface area contributed by atoms with Gasteiger partial charge in [-0.3, -0.25) is 0 Å². The fraction of sp³-hybridized carbons (Fsp3) is 0.444. The van der Waals surface area contributed by atoms with Crippen LogP contribution in [0, 0.1) is 0 Å². The number of nitrogens with zero attached hydrogens (tertiary/aromatic N) is 1. The van der Waals surface area contributed by atoms with Gasteiger partial charge in [-0.15, -0.1) is 0 Å². The molecule has 1 heterocycles. The zero-order chi connectivity index (χ0) is 11.5. The molecule has 0 saturated heterocycles. The zero-order valence-corrected chi connectivity index (χ0v) is 8.08. The highest BCUT2D eigenvalue weighted by Crippen LogP contribution is 2.19. The second-order valence-corrected chi connectivity index (χ2v) is 3.12. The highest BCUT2D eigenvalue weighted by atomic mass is 19.4. The van der Waals surface area contributed by atoms with E-state index in [1.807, 2.05) is 0 Å². The van der Waals surface area contributed by atoms with Crippen LogP contribution in [-0.4, -0.2) is 17.8 Å². The van der Waals surface area contributed by atoms with Crippen LogP contribution >= 0.6 is 0 Å². The summed E-state index contributed by atoms with van der Waals surface area (Å²) in [5.74, 6) is -0.0675. The molecule has 0 aliphatic heterocycles. The first-order valence-electron chi connectivity index (χ1n) is 4.29. The molecule has 0 aliphatic rings. The van der Waals surface area contributed by atoms with Crippen LogP contribution in [0.3, 0.4) is 0 Å². The van der Waals surface area contributed by atoms with E-state index in [0.717, 1.165) is 0 Å². The summed E-state index contributed by atoms with van der Waals surface area (Å²) in [5.41, 5.74) is 6.24. The van der Waals surface area contributed by atoms with E-state index in [9.17, 15) is 13.2 Å². The molecule has 0 fully saturated rings. The van der Waals surface area contributed by atoms with Crippen molar-refractivity contribution in [3.63, 3.8) is 0 Å². The standard InChI is InChI=1S/C9H11F3N2O/c1-6(13)7-2-3-14-8(4-7)15-5-9(10,11)12/h2-4,6H,5,13H2,1H3/t6-/m0/s1. The number of nitrogens with two attached hydrogens (primary N) is 1. The molecule has 0 radical (unpaired) electrons. The van der Waals surface area contributed by atoms with Crippen LogP contribution < -0.4 is 10.5 Å². The maximum Gasteiger partial charge on any atom is 0.422 e.